The summed E-state index contributed by atoms with van der Waals surface area (Å²) >= 11 is 0. The SMILES string of the molecule is CC1CCC(C2CCNC2c2ccccc2)O1. The van der Waals surface area contributed by atoms with E-state index in [0.29, 0.717) is 24.2 Å². The lowest BCUT2D eigenvalue weighted by Crippen LogP contribution is -2.27. The van der Waals surface area contributed by atoms with Crippen LogP contribution in [0.2, 0.25) is 0 Å². The third-order valence-electron chi connectivity index (χ3n) is 4.17. The van der Waals surface area contributed by atoms with Crippen molar-refractivity contribution in [3.63, 3.8) is 0 Å². The first kappa shape index (κ1) is 11.2. The third-order valence-corrected chi connectivity index (χ3v) is 4.17. The van der Waals surface area contributed by atoms with Gasteiger partial charge >= 0.3 is 0 Å². The van der Waals surface area contributed by atoms with Crippen molar-refractivity contribution in [2.24, 2.45) is 5.92 Å². The molecule has 3 rings (SSSR count). The largest absolute Gasteiger partial charge is 0.375 e. The number of ether oxygens (including phenoxy) is 1. The van der Waals surface area contributed by atoms with Crippen molar-refractivity contribution in [1.82, 2.24) is 5.32 Å². The smallest absolute Gasteiger partial charge is 0.0626 e. The van der Waals surface area contributed by atoms with E-state index in [1.54, 1.807) is 0 Å². The zero-order chi connectivity index (χ0) is 11.7. The van der Waals surface area contributed by atoms with E-state index in [1.807, 2.05) is 0 Å². The van der Waals surface area contributed by atoms with Gasteiger partial charge in [0.1, 0.15) is 0 Å². The summed E-state index contributed by atoms with van der Waals surface area (Å²) < 4.78 is 6.06. The van der Waals surface area contributed by atoms with Crippen LogP contribution in [0.25, 0.3) is 0 Å². The molecule has 0 radical (unpaired) electrons. The van der Waals surface area contributed by atoms with Crippen LogP contribution in [0.3, 0.4) is 0 Å². The second kappa shape index (κ2) is 4.79. The molecule has 0 saturated carbocycles. The Morgan fingerprint density at radius 3 is 2.65 bits per heavy atom. The van der Waals surface area contributed by atoms with E-state index < -0.39 is 0 Å². The fourth-order valence-electron chi connectivity index (χ4n) is 3.30. The summed E-state index contributed by atoms with van der Waals surface area (Å²) in [5.41, 5.74) is 1.41. The average molecular weight is 231 g/mol. The number of nitrogens with one attached hydrogen (secondary N) is 1. The Hall–Kier alpha value is -0.860. The van der Waals surface area contributed by atoms with E-state index in [9.17, 15) is 0 Å². The van der Waals surface area contributed by atoms with Gasteiger partial charge in [0, 0.05) is 12.0 Å². The fourth-order valence-corrected chi connectivity index (χ4v) is 3.30. The molecule has 4 unspecified atom stereocenters. The molecule has 2 heterocycles. The molecule has 0 bridgehead atoms. The molecule has 0 aromatic heterocycles. The molecule has 92 valence electrons. The van der Waals surface area contributed by atoms with Crippen LogP contribution < -0.4 is 5.32 Å². The zero-order valence-electron chi connectivity index (χ0n) is 10.4. The highest BCUT2D eigenvalue weighted by atomic mass is 16.5. The van der Waals surface area contributed by atoms with E-state index in [1.165, 1.54) is 24.8 Å². The van der Waals surface area contributed by atoms with Crippen molar-refractivity contribution in [2.45, 2.75) is 44.4 Å². The van der Waals surface area contributed by atoms with Crippen molar-refractivity contribution in [3.05, 3.63) is 35.9 Å². The molecule has 2 saturated heterocycles. The minimum absolute atomic E-state index is 0.456. The van der Waals surface area contributed by atoms with Gasteiger partial charge in [0.2, 0.25) is 0 Å². The molecular weight excluding hydrogens is 210 g/mol. The zero-order valence-corrected chi connectivity index (χ0v) is 10.4. The lowest BCUT2D eigenvalue weighted by atomic mass is 9.88. The Kier molecular flexibility index (Phi) is 3.17. The Morgan fingerprint density at radius 1 is 1.12 bits per heavy atom. The lowest BCUT2D eigenvalue weighted by molar-refractivity contribution is 0.0155. The van der Waals surface area contributed by atoms with Crippen LogP contribution in [-0.2, 0) is 4.74 Å². The van der Waals surface area contributed by atoms with Crippen LogP contribution in [0.4, 0.5) is 0 Å². The molecular formula is C15H21NO. The van der Waals surface area contributed by atoms with Crippen LogP contribution in [0.5, 0.6) is 0 Å². The first-order valence-corrected chi connectivity index (χ1v) is 6.78. The van der Waals surface area contributed by atoms with Crippen molar-refractivity contribution >= 4 is 0 Å². The summed E-state index contributed by atoms with van der Waals surface area (Å²) in [7, 11) is 0. The molecule has 1 aromatic rings. The quantitative estimate of drug-likeness (QED) is 0.845. The highest BCUT2D eigenvalue weighted by Gasteiger charge is 2.38. The minimum atomic E-state index is 0.456. The molecule has 0 amide bonds. The molecule has 1 N–H and O–H groups in total. The van der Waals surface area contributed by atoms with E-state index in [-0.39, 0.29) is 0 Å². The van der Waals surface area contributed by atoms with Gasteiger partial charge in [0.15, 0.2) is 0 Å². The lowest BCUT2D eigenvalue weighted by Gasteiger charge is -2.25. The Labute approximate surface area is 103 Å². The minimum Gasteiger partial charge on any atom is -0.375 e. The predicted molar refractivity (Wildman–Crippen MR) is 68.9 cm³/mol. The molecule has 2 fully saturated rings. The molecule has 2 nitrogen and oxygen atoms in total. The van der Waals surface area contributed by atoms with E-state index in [2.05, 4.69) is 42.6 Å². The monoisotopic (exact) mass is 231 g/mol. The maximum Gasteiger partial charge on any atom is 0.0626 e. The van der Waals surface area contributed by atoms with Gasteiger partial charge in [-0.05, 0) is 38.3 Å². The predicted octanol–water partition coefficient (Wildman–Crippen LogP) is 2.90. The second-order valence-electron chi connectivity index (χ2n) is 5.36. The van der Waals surface area contributed by atoms with E-state index >= 15 is 0 Å². The average Bonchev–Trinajstić information content (AvgIpc) is 2.98. The summed E-state index contributed by atoms with van der Waals surface area (Å²) in [6, 6.07) is 11.3. The Balaban J connectivity index is 1.76. The topological polar surface area (TPSA) is 21.3 Å². The van der Waals surface area contributed by atoms with Crippen LogP contribution in [-0.4, -0.2) is 18.8 Å². The molecule has 2 aliphatic rings. The third kappa shape index (κ3) is 2.24. The summed E-state index contributed by atoms with van der Waals surface area (Å²) in [5, 5.41) is 3.63. The first-order valence-electron chi connectivity index (χ1n) is 6.78. The van der Waals surface area contributed by atoms with E-state index in [0.717, 1.165) is 6.54 Å². The van der Waals surface area contributed by atoms with Gasteiger partial charge < -0.3 is 10.1 Å². The van der Waals surface area contributed by atoms with Crippen molar-refractivity contribution in [1.29, 1.82) is 0 Å². The molecule has 4 atom stereocenters. The Bertz CT molecular complexity index is 364. The summed E-state index contributed by atoms with van der Waals surface area (Å²) in [5.74, 6) is 0.655. The van der Waals surface area contributed by atoms with Gasteiger partial charge in [0.25, 0.3) is 0 Å². The first-order chi connectivity index (χ1) is 8.34. The maximum absolute atomic E-state index is 6.06. The molecule has 1 aromatic carbocycles. The molecule has 17 heavy (non-hydrogen) atoms. The number of hydrogen-bond donors (Lipinski definition) is 1. The molecule has 0 aliphatic carbocycles. The normalized spacial score (nSPS) is 37.5. The second-order valence-corrected chi connectivity index (χ2v) is 5.36. The van der Waals surface area contributed by atoms with Crippen molar-refractivity contribution in [2.75, 3.05) is 6.54 Å². The van der Waals surface area contributed by atoms with Crippen LogP contribution in [0.15, 0.2) is 30.3 Å². The van der Waals surface area contributed by atoms with Crippen LogP contribution >= 0.6 is 0 Å². The van der Waals surface area contributed by atoms with Gasteiger partial charge in [-0.3, -0.25) is 0 Å². The van der Waals surface area contributed by atoms with Gasteiger partial charge in [-0.1, -0.05) is 30.3 Å². The summed E-state index contributed by atoms with van der Waals surface area (Å²) in [6.07, 6.45) is 4.62. The number of benzene rings is 1. The van der Waals surface area contributed by atoms with Crippen molar-refractivity contribution < 1.29 is 4.74 Å². The summed E-state index contributed by atoms with van der Waals surface area (Å²) in [4.78, 5) is 0. The summed E-state index contributed by atoms with van der Waals surface area (Å²) in [6.45, 7) is 3.32. The molecule has 2 aliphatic heterocycles. The standard InChI is InChI=1S/C15H21NO/c1-11-7-8-14(17-11)13-9-10-16-15(13)12-5-3-2-4-6-12/h2-6,11,13-16H,7-10H2,1H3. The number of hydrogen-bond acceptors (Lipinski definition) is 2. The van der Waals surface area contributed by atoms with Gasteiger partial charge in [0.05, 0.1) is 12.2 Å². The van der Waals surface area contributed by atoms with Crippen molar-refractivity contribution in [3.8, 4) is 0 Å². The Morgan fingerprint density at radius 2 is 1.94 bits per heavy atom. The van der Waals surface area contributed by atoms with Gasteiger partial charge in [-0.2, -0.15) is 0 Å². The van der Waals surface area contributed by atoms with Crippen LogP contribution in [0.1, 0.15) is 37.8 Å². The molecule has 2 heteroatoms. The highest BCUT2D eigenvalue weighted by Crippen LogP contribution is 2.38. The highest BCUT2D eigenvalue weighted by molar-refractivity contribution is 5.21. The molecule has 0 spiro atoms. The fraction of sp³-hybridized carbons (Fsp3) is 0.600. The number of rotatable bonds is 2. The van der Waals surface area contributed by atoms with E-state index in [4.69, 9.17) is 4.74 Å². The maximum atomic E-state index is 6.06. The van der Waals surface area contributed by atoms with Gasteiger partial charge in [-0.15, -0.1) is 0 Å². The van der Waals surface area contributed by atoms with Gasteiger partial charge in [-0.25, -0.2) is 0 Å². The van der Waals surface area contributed by atoms with Crippen LogP contribution in [0, 0.1) is 5.92 Å².